The molecule has 1 aromatic heterocycles. The molecule has 4 heteroatoms. The fourth-order valence-electron chi connectivity index (χ4n) is 2.72. The summed E-state index contributed by atoms with van der Waals surface area (Å²) in [5.41, 5.74) is 7.98. The minimum atomic E-state index is 0.114. The van der Waals surface area contributed by atoms with E-state index >= 15 is 0 Å². The predicted molar refractivity (Wildman–Crippen MR) is 71.3 cm³/mol. The standard InChI is InChI=1S/C14H23N3O/c1-3-11-7-12(17(2)16-11)8-13(18)9-14(10-15)5-4-6-14/h7H,3-6,8-10,15H2,1-2H3. The van der Waals surface area contributed by atoms with Crippen molar-refractivity contribution in [1.29, 1.82) is 0 Å². The lowest BCUT2D eigenvalue weighted by atomic mass is 9.66. The summed E-state index contributed by atoms with van der Waals surface area (Å²) in [5.74, 6) is 0.297. The molecule has 0 aromatic carbocycles. The maximum absolute atomic E-state index is 12.1. The molecule has 1 fully saturated rings. The first kappa shape index (κ1) is 13.3. The van der Waals surface area contributed by atoms with Gasteiger partial charge in [-0.25, -0.2) is 0 Å². The Morgan fingerprint density at radius 3 is 2.72 bits per heavy atom. The molecule has 1 aromatic rings. The Hall–Kier alpha value is -1.16. The first-order chi connectivity index (χ1) is 8.58. The molecule has 1 heterocycles. The predicted octanol–water partition coefficient (Wildman–Crippen LogP) is 1.61. The van der Waals surface area contributed by atoms with E-state index in [0.29, 0.717) is 25.2 Å². The van der Waals surface area contributed by atoms with Crippen LogP contribution in [0.2, 0.25) is 0 Å². The number of rotatable bonds is 6. The van der Waals surface area contributed by atoms with Crippen molar-refractivity contribution >= 4 is 5.78 Å². The van der Waals surface area contributed by atoms with Crippen LogP contribution in [0.4, 0.5) is 0 Å². The van der Waals surface area contributed by atoms with Crippen molar-refractivity contribution in [1.82, 2.24) is 9.78 Å². The number of carbonyl (C=O) groups excluding carboxylic acids is 1. The molecular weight excluding hydrogens is 226 g/mol. The third kappa shape index (κ3) is 2.64. The molecule has 0 bridgehead atoms. The maximum atomic E-state index is 12.1. The molecule has 1 saturated carbocycles. The quantitative estimate of drug-likeness (QED) is 0.833. The third-order valence-corrected chi connectivity index (χ3v) is 4.19. The number of carbonyl (C=O) groups is 1. The van der Waals surface area contributed by atoms with Gasteiger partial charge in [0.1, 0.15) is 5.78 Å². The zero-order valence-corrected chi connectivity index (χ0v) is 11.4. The zero-order chi connectivity index (χ0) is 13.2. The average Bonchev–Trinajstić information content (AvgIpc) is 2.65. The summed E-state index contributed by atoms with van der Waals surface area (Å²) >= 11 is 0. The Morgan fingerprint density at radius 1 is 1.56 bits per heavy atom. The van der Waals surface area contributed by atoms with Gasteiger partial charge in [-0.1, -0.05) is 13.3 Å². The van der Waals surface area contributed by atoms with Gasteiger partial charge in [-0.3, -0.25) is 9.48 Å². The maximum Gasteiger partial charge on any atom is 0.139 e. The second kappa shape index (κ2) is 5.22. The first-order valence-corrected chi connectivity index (χ1v) is 6.82. The third-order valence-electron chi connectivity index (χ3n) is 4.19. The van der Waals surface area contributed by atoms with Crippen LogP contribution in [-0.2, 0) is 24.7 Å². The van der Waals surface area contributed by atoms with E-state index < -0.39 is 0 Å². The molecule has 1 aliphatic rings. The summed E-state index contributed by atoms with van der Waals surface area (Å²) in [5, 5.41) is 4.37. The number of nitrogens with zero attached hydrogens (tertiary/aromatic N) is 2. The lowest BCUT2D eigenvalue weighted by Gasteiger charge is -2.40. The Kier molecular flexibility index (Phi) is 3.85. The molecule has 1 aliphatic carbocycles. The monoisotopic (exact) mass is 249 g/mol. The Balaban J connectivity index is 1.96. The molecular formula is C14H23N3O. The molecule has 0 atom stereocenters. The zero-order valence-electron chi connectivity index (χ0n) is 11.4. The fraction of sp³-hybridized carbons (Fsp3) is 0.714. The lowest BCUT2D eigenvalue weighted by molar-refractivity contribution is -0.122. The van der Waals surface area contributed by atoms with Crippen molar-refractivity contribution in [2.75, 3.05) is 6.54 Å². The normalized spacial score (nSPS) is 17.5. The van der Waals surface area contributed by atoms with Crippen molar-refractivity contribution in [3.63, 3.8) is 0 Å². The summed E-state index contributed by atoms with van der Waals surface area (Å²) in [4.78, 5) is 12.1. The van der Waals surface area contributed by atoms with E-state index in [1.165, 1.54) is 6.42 Å². The van der Waals surface area contributed by atoms with Crippen LogP contribution in [0.5, 0.6) is 0 Å². The Morgan fingerprint density at radius 2 is 2.28 bits per heavy atom. The summed E-state index contributed by atoms with van der Waals surface area (Å²) in [7, 11) is 1.91. The number of hydrogen-bond donors (Lipinski definition) is 1. The summed E-state index contributed by atoms with van der Waals surface area (Å²) in [6, 6.07) is 2.04. The Labute approximate surface area is 109 Å². The van der Waals surface area contributed by atoms with Crippen molar-refractivity contribution in [3.05, 3.63) is 17.5 Å². The molecule has 2 N–H and O–H groups in total. The van der Waals surface area contributed by atoms with E-state index in [-0.39, 0.29) is 5.41 Å². The van der Waals surface area contributed by atoms with Crippen molar-refractivity contribution in [3.8, 4) is 0 Å². The molecule has 0 amide bonds. The summed E-state index contributed by atoms with van der Waals surface area (Å²) in [6.45, 7) is 2.72. The number of hydrogen-bond acceptors (Lipinski definition) is 3. The van der Waals surface area contributed by atoms with Crippen LogP contribution in [0, 0.1) is 5.41 Å². The van der Waals surface area contributed by atoms with Gasteiger partial charge in [0.25, 0.3) is 0 Å². The van der Waals surface area contributed by atoms with Crippen molar-refractivity contribution in [2.45, 2.75) is 45.4 Å². The lowest BCUT2D eigenvalue weighted by Crippen LogP contribution is -2.39. The smallest absolute Gasteiger partial charge is 0.139 e. The van der Waals surface area contributed by atoms with Crippen LogP contribution in [0.25, 0.3) is 0 Å². The number of aryl methyl sites for hydroxylation is 2. The summed E-state index contributed by atoms with van der Waals surface area (Å²) in [6.07, 6.45) is 5.48. The topological polar surface area (TPSA) is 60.9 Å². The van der Waals surface area contributed by atoms with Crippen molar-refractivity contribution < 1.29 is 4.79 Å². The van der Waals surface area contributed by atoms with Crippen molar-refractivity contribution in [2.24, 2.45) is 18.2 Å². The molecule has 0 unspecified atom stereocenters. The van der Waals surface area contributed by atoms with Gasteiger partial charge in [0, 0.05) is 25.6 Å². The fourth-order valence-corrected chi connectivity index (χ4v) is 2.72. The number of Topliss-reactive ketones (excluding diaryl/α,β-unsaturated/α-hetero) is 1. The van der Waals surface area contributed by atoms with Crippen LogP contribution in [-0.4, -0.2) is 22.1 Å². The van der Waals surface area contributed by atoms with Crippen LogP contribution >= 0.6 is 0 Å². The van der Waals surface area contributed by atoms with E-state index in [1.807, 2.05) is 17.8 Å². The molecule has 100 valence electrons. The van der Waals surface area contributed by atoms with Gasteiger partial charge in [0.15, 0.2) is 0 Å². The molecule has 18 heavy (non-hydrogen) atoms. The second-order valence-corrected chi connectivity index (χ2v) is 5.55. The average molecular weight is 249 g/mol. The van der Waals surface area contributed by atoms with Gasteiger partial charge < -0.3 is 5.73 Å². The molecule has 0 spiro atoms. The van der Waals surface area contributed by atoms with E-state index in [2.05, 4.69) is 12.0 Å². The SMILES string of the molecule is CCc1cc(CC(=O)CC2(CN)CCC2)n(C)n1. The Bertz CT molecular complexity index is 427. The van der Waals surface area contributed by atoms with Crippen LogP contribution in [0.1, 0.15) is 44.0 Å². The first-order valence-electron chi connectivity index (χ1n) is 6.82. The summed E-state index contributed by atoms with van der Waals surface area (Å²) < 4.78 is 1.83. The van der Waals surface area contributed by atoms with Gasteiger partial charge in [-0.2, -0.15) is 5.10 Å². The molecule has 0 saturated heterocycles. The molecule has 0 radical (unpaired) electrons. The molecule has 4 nitrogen and oxygen atoms in total. The van der Waals surface area contributed by atoms with Gasteiger partial charge in [0.2, 0.25) is 0 Å². The van der Waals surface area contributed by atoms with E-state index in [9.17, 15) is 4.79 Å². The van der Waals surface area contributed by atoms with Gasteiger partial charge in [0.05, 0.1) is 5.69 Å². The highest BCUT2D eigenvalue weighted by Gasteiger charge is 2.37. The minimum Gasteiger partial charge on any atom is -0.330 e. The number of ketones is 1. The van der Waals surface area contributed by atoms with Gasteiger partial charge >= 0.3 is 0 Å². The van der Waals surface area contributed by atoms with Crippen LogP contribution < -0.4 is 5.73 Å². The van der Waals surface area contributed by atoms with Gasteiger partial charge in [-0.05, 0) is 37.3 Å². The number of aromatic nitrogens is 2. The minimum absolute atomic E-state index is 0.114. The highest BCUT2D eigenvalue weighted by molar-refractivity contribution is 5.81. The highest BCUT2D eigenvalue weighted by atomic mass is 16.1. The van der Waals surface area contributed by atoms with E-state index in [1.54, 1.807) is 0 Å². The van der Waals surface area contributed by atoms with E-state index in [4.69, 9.17) is 5.73 Å². The van der Waals surface area contributed by atoms with E-state index in [0.717, 1.165) is 30.7 Å². The largest absolute Gasteiger partial charge is 0.330 e. The molecule has 0 aliphatic heterocycles. The van der Waals surface area contributed by atoms with Gasteiger partial charge in [-0.15, -0.1) is 0 Å². The molecule has 2 rings (SSSR count). The second-order valence-electron chi connectivity index (χ2n) is 5.55. The van der Waals surface area contributed by atoms with Crippen LogP contribution in [0.15, 0.2) is 6.07 Å². The highest BCUT2D eigenvalue weighted by Crippen LogP contribution is 2.43. The number of nitrogens with two attached hydrogens (primary N) is 1. The van der Waals surface area contributed by atoms with Crippen LogP contribution in [0.3, 0.4) is 0 Å².